The maximum atomic E-state index is 11.7. The molecule has 2 nitrogen and oxygen atoms in total. The first-order chi connectivity index (χ1) is 7.43. The number of rotatable bonds is 3. The lowest BCUT2D eigenvalue weighted by atomic mass is 10.1. The summed E-state index contributed by atoms with van der Waals surface area (Å²) in [6.07, 6.45) is 0. The Bertz CT molecular complexity index is 362. The molecule has 1 rings (SSSR count). The van der Waals surface area contributed by atoms with E-state index in [9.17, 15) is 4.79 Å². The SMILES string of the molecule is CC(Cl)C(=O)N(C)C(C)c1ccc(Cl)cc1. The van der Waals surface area contributed by atoms with Gasteiger partial charge in [-0.3, -0.25) is 4.79 Å². The summed E-state index contributed by atoms with van der Waals surface area (Å²) in [6.45, 7) is 3.63. The number of carbonyl (C=O) groups excluding carboxylic acids is 1. The van der Waals surface area contributed by atoms with E-state index in [-0.39, 0.29) is 11.9 Å². The van der Waals surface area contributed by atoms with Crippen LogP contribution in [0.2, 0.25) is 5.02 Å². The fraction of sp³-hybridized carbons (Fsp3) is 0.417. The third kappa shape index (κ3) is 3.13. The average molecular weight is 260 g/mol. The van der Waals surface area contributed by atoms with Gasteiger partial charge in [0.1, 0.15) is 5.38 Å². The Balaban J connectivity index is 2.81. The second-order valence-corrected chi connectivity index (χ2v) is 4.88. The molecule has 0 aliphatic rings. The fourth-order valence-corrected chi connectivity index (χ4v) is 1.72. The van der Waals surface area contributed by atoms with Gasteiger partial charge in [-0.25, -0.2) is 0 Å². The zero-order valence-corrected chi connectivity index (χ0v) is 11.1. The van der Waals surface area contributed by atoms with Crippen molar-refractivity contribution in [1.29, 1.82) is 0 Å². The lowest BCUT2D eigenvalue weighted by Gasteiger charge is -2.26. The van der Waals surface area contributed by atoms with Gasteiger partial charge < -0.3 is 4.90 Å². The van der Waals surface area contributed by atoms with E-state index in [2.05, 4.69) is 0 Å². The van der Waals surface area contributed by atoms with Crippen LogP contribution in [0.3, 0.4) is 0 Å². The highest BCUT2D eigenvalue weighted by molar-refractivity contribution is 6.30. The molecule has 0 fully saturated rings. The molecule has 0 aliphatic carbocycles. The molecule has 0 radical (unpaired) electrons. The molecule has 4 heteroatoms. The van der Waals surface area contributed by atoms with Crippen LogP contribution in [0, 0.1) is 0 Å². The number of nitrogens with zero attached hydrogens (tertiary/aromatic N) is 1. The highest BCUT2D eigenvalue weighted by Gasteiger charge is 2.20. The van der Waals surface area contributed by atoms with Crippen molar-refractivity contribution in [2.24, 2.45) is 0 Å². The first-order valence-electron chi connectivity index (χ1n) is 5.09. The number of hydrogen-bond acceptors (Lipinski definition) is 1. The summed E-state index contributed by atoms with van der Waals surface area (Å²) in [5.74, 6) is -0.0795. The molecule has 0 aromatic heterocycles. The molecule has 0 bridgehead atoms. The molecule has 1 aromatic carbocycles. The number of hydrogen-bond donors (Lipinski definition) is 0. The van der Waals surface area contributed by atoms with Gasteiger partial charge in [0.25, 0.3) is 0 Å². The number of benzene rings is 1. The molecule has 88 valence electrons. The molecule has 0 saturated heterocycles. The average Bonchev–Trinajstić information content (AvgIpc) is 2.27. The smallest absolute Gasteiger partial charge is 0.240 e. The minimum atomic E-state index is -0.500. The van der Waals surface area contributed by atoms with Crippen LogP contribution in [-0.2, 0) is 4.79 Å². The van der Waals surface area contributed by atoms with Crippen LogP contribution >= 0.6 is 23.2 Å². The molecule has 0 saturated carbocycles. The monoisotopic (exact) mass is 259 g/mol. The van der Waals surface area contributed by atoms with Gasteiger partial charge in [0.2, 0.25) is 5.91 Å². The zero-order chi connectivity index (χ0) is 12.3. The van der Waals surface area contributed by atoms with Crippen molar-refractivity contribution in [3.05, 3.63) is 34.9 Å². The van der Waals surface area contributed by atoms with Gasteiger partial charge in [0.05, 0.1) is 6.04 Å². The molecule has 1 amide bonds. The van der Waals surface area contributed by atoms with Gasteiger partial charge >= 0.3 is 0 Å². The topological polar surface area (TPSA) is 20.3 Å². The van der Waals surface area contributed by atoms with E-state index in [1.54, 1.807) is 18.9 Å². The van der Waals surface area contributed by atoms with Gasteiger partial charge in [-0.15, -0.1) is 11.6 Å². The lowest BCUT2D eigenvalue weighted by molar-refractivity contribution is -0.131. The molecule has 0 spiro atoms. The van der Waals surface area contributed by atoms with Crippen molar-refractivity contribution in [2.75, 3.05) is 7.05 Å². The first-order valence-corrected chi connectivity index (χ1v) is 5.91. The minimum Gasteiger partial charge on any atom is -0.338 e. The summed E-state index contributed by atoms with van der Waals surface area (Å²) in [5.41, 5.74) is 1.04. The highest BCUT2D eigenvalue weighted by Crippen LogP contribution is 2.21. The van der Waals surface area contributed by atoms with E-state index in [1.165, 1.54) is 0 Å². The van der Waals surface area contributed by atoms with Crippen LogP contribution in [0.25, 0.3) is 0 Å². The Morgan fingerprint density at radius 3 is 2.19 bits per heavy atom. The molecule has 2 unspecified atom stereocenters. The number of carbonyl (C=O) groups is 1. The summed E-state index contributed by atoms with van der Waals surface area (Å²) >= 11 is 11.6. The van der Waals surface area contributed by atoms with Crippen LogP contribution in [0.5, 0.6) is 0 Å². The Morgan fingerprint density at radius 1 is 1.25 bits per heavy atom. The largest absolute Gasteiger partial charge is 0.338 e. The van der Waals surface area contributed by atoms with Crippen molar-refractivity contribution in [3.8, 4) is 0 Å². The zero-order valence-electron chi connectivity index (χ0n) is 9.58. The summed E-state index contributed by atoms with van der Waals surface area (Å²) < 4.78 is 0. The lowest BCUT2D eigenvalue weighted by Crippen LogP contribution is -2.34. The predicted molar refractivity (Wildman–Crippen MR) is 68.0 cm³/mol. The number of alkyl halides is 1. The number of halogens is 2. The third-order valence-electron chi connectivity index (χ3n) is 2.62. The Labute approximate surface area is 106 Å². The van der Waals surface area contributed by atoms with Crippen molar-refractivity contribution in [3.63, 3.8) is 0 Å². The molecule has 1 aromatic rings. The molecule has 2 atom stereocenters. The van der Waals surface area contributed by atoms with Gasteiger partial charge in [-0.2, -0.15) is 0 Å². The van der Waals surface area contributed by atoms with Gasteiger partial charge in [0, 0.05) is 12.1 Å². The quantitative estimate of drug-likeness (QED) is 0.762. The summed E-state index contributed by atoms with van der Waals surface area (Å²) in [6, 6.07) is 7.45. The summed E-state index contributed by atoms with van der Waals surface area (Å²) in [7, 11) is 1.75. The summed E-state index contributed by atoms with van der Waals surface area (Å²) in [4.78, 5) is 13.3. The Morgan fingerprint density at radius 2 is 1.75 bits per heavy atom. The van der Waals surface area contributed by atoms with E-state index in [1.807, 2.05) is 31.2 Å². The van der Waals surface area contributed by atoms with E-state index in [0.29, 0.717) is 5.02 Å². The van der Waals surface area contributed by atoms with E-state index in [0.717, 1.165) is 5.56 Å². The van der Waals surface area contributed by atoms with Crippen molar-refractivity contribution in [1.82, 2.24) is 4.90 Å². The van der Waals surface area contributed by atoms with E-state index < -0.39 is 5.38 Å². The molecular weight excluding hydrogens is 245 g/mol. The Kier molecular flexibility index (Phi) is 4.63. The van der Waals surface area contributed by atoms with Gasteiger partial charge in [-0.1, -0.05) is 23.7 Å². The highest BCUT2D eigenvalue weighted by atomic mass is 35.5. The van der Waals surface area contributed by atoms with E-state index in [4.69, 9.17) is 23.2 Å². The Hall–Kier alpha value is -0.730. The first kappa shape index (κ1) is 13.3. The standard InChI is InChI=1S/C12H15Cl2NO/c1-8(13)12(16)15(3)9(2)10-4-6-11(14)7-5-10/h4-9H,1-3H3. The van der Waals surface area contributed by atoms with E-state index >= 15 is 0 Å². The minimum absolute atomic E-state index is 0.00836. The molecule has 0 heterocycles. The second-order valence-electron chi connectivity index (χ2n) is 3.79. The predicted octanol–water partition coefficient (Wildman–Crippen LogP) is 3.49. The second kappa shape index (κ2) is 5.55. The normalized spacial score (nSPS) is 14.3. The summed E-state index contributed by atoms with van der Waals surface area (Å²) in [5, 5.41) is 0.190. The fourth-order valence-electron chi connectivity index (χ4n) is 1.44. The van der Waals surface area contributed by atoms with Crippen molar-refractivity contribution < 1.29 is 4.79 Å². The number of amides is 1. The van der Waals surface area contributed by atoms with Crippen LogP contribution in [0.4, 0.5) is 0 Å². The van der Waals surface area contributed by atoms with Crippen molar-refractivity contribution >= 4 is 29.1 Å². The van der Waals surface area contributed by atoms with Crippen LogP contribution < -0.4 is 0 Å². The maximum absolute atomic E-state index is 11.7. The maximum Gasteiger partial charge on any atom is 0.240 e. The van der Waals surface area contributed by atoms with Crippen LogP contribution in [-0.4, -0.2) is 23.2 Å². The third-order valence-corrected chi connectivity index (χ3v) is 3.06. The van der Waals surface area contributed by atoms with Crippen molar-refractivity contribution in [2.45, 2.75) is 25.3 Å². The van der Waals surface area contributed by atoms with Gasteiger partial charge in [-0.05, 0) is 31.5 Å². The molecule has 0 aliphatic heterocycles. The van der Waals surface area contributed by atoms with Crippen LogP contribution in [0.15, 0.2) is 24.3 Å². The molecule has 16 heavy (non-hydrogen) atoms. The molecule has 0 N–H and O–H groups in total. The van der Waals surface area contributed by atoms with Gasteiger partial charge in [0.15, 0.2) is 0 Å². The van der Waals surface area contributed by atoms with Crippen LogP contribution in [0.1, 0.15) is 25.5 Å². The molecular formula is C12H15Cl2NO.